The van der Waals surface area contributed by atoms with Gasteiger partial charge in [0.1, 0.15) is 0 Å². The van der Waals surface area contributed by atoms with E-state index in [0.29, 0.717) is 7.92 Å². The molecule has 0 heterocycles. The second-order valence-corrected chi connectivity index (χ2v) is 5.52. The van der Waals surface area contributed by atoms with Gasteiger partial charge in [-0.25, -0.2) is 0 Å². The van der Waals surface area contributed by atoms with Crippen molar-refractivity contribution in [3.63, 3.8) is 0 Å². The molecule has 0 bridgehead atoms. The van der Waals surface area contributed by atoms with Crippen molar-refractivity contribution in [2.24, 2.45) is 0 Å². The minimum absolute atomic E-state index is 0.439. The van der Waals surface area contributed by atoms with Gasteiger partial charge in [0.2, 0.25) is 0 Å². The summed E-state index contributed by atoms with van der Waals surface area (Å²) >= 11 is 0. The average molecular weight is 160 g/mol. The third kappa shape index (κ3) is 5.23. The maximum absolute atomic E-state index is 2.31. The summed E-state index contributed by atoms with van der Waals surface area (Å²) in [5.41, 5.74) is 0. The quantitative estimate of drug-likeness (QED) is 0.520. The second kappa shape index (κ2) is 7.54. The Morgan fingerprint density at radius 3 is 1.20 bits per heavy atom. The van der Waals surface area contributed by atoms with Crippen LogP contribution in [0.5, 0.6) is 0 Å². The molecular weight excluding hydrogens is 139 g/mol. The van der Waals surface area contributed by atoms with Gasteiger partial charge < -0.3 is 0 Å². The van der Waals surface area contributed by atoms with Gasteiger partial charge in [-0.3, -0.25) is 0 Å². The minimum Gasteiger partial charge on any atom is -0.107 e. The Labute approximate surface area is 67.2 Å². The summed E-state index contributed by atoms with van der Waals surface area (Å²) in [4.78, 5) is 0. The van der Waals surface area contributed by atoms with Crippen LogP contribution < -0.4 is 0 Å². The lowest BCUT2D eigenvalue weighted by Gasteiger charge is -2.13. The first-order valence-electron chi connectivity index (χ1n) is 4.57. The van der Waals surface area contributed by atoms with E-state index < -0.39 is 0 Å². The molecule has 0 amide bonds. The summed E-state index contributed by atoms with van der Waals surface area (Å²) in [5.74, 6) is 0. The molecule has 0 nitrogen and oxygen atoms in total. The lowest BCUT2D eigenvalue weighted by atomic mass is 10.6. The Hall–Kier alpha value is 0.430. The topological polar surface area (TPSA) is 0 Å². The fraction of sp³-hybridized carbons (Fsp3) is 1.00. The van der Waals surface area contributed by atoms with Crippen molar-refractivity contribution in [2.45, 2.75) is 40.0 Å². The van der Waals surface area contributed by atoms with Crippen molar-refractivity contribution >= 4 is 7.92 Å². The molecule has 10 heavy (non-hydrogen) atoms. The van der Waals surface area contributed by atoms with Crippen LogP contribution in [0.4, 0.5) is 0 Å². The first kappa shape index (κ1) is 10.4. The van der Waals surface area contributed by atoms with Crippen LogP contribution in [0.1, 0.15) is 40.0 Å². The standard InChI is InChI=1S/C9H21P/c1-4-7-10(8-5-2)9-6-3/h4-9H2,1-3H3. The monoisotopic (exact) mass is 160 g/mol. The summed E-state index contributed by atoms with van der Waals surface area (Å²) < 4.78 is 0. The van der Waals surface area contributed by atoms with E-state index in [1.807, 2.05) is 0 Å². The van der Waals surface area contributed by atoms with Crippen LogP contribution in [-0.2, 0) is 0 Å². The van der Waals surface area contributed by atoms with Gasteiger partial charge in [-0.1, -0.05) is 40.0 Å². The molecule has 0 aliphatic heterocycles. The summed E-state index contributed by atoms with van der Waals surface area (Å²) in [6.45, 7) is 6.92. The van der Waals surface area contributed by atoms with Crippen molar-refractivity contribution in [1.29, 1.82) is 0 Å². The Morgan fingerprint density at radius 1 is 0.700 bits per heavy atom. The molecule has 0 aromatic carbocycles. The molecule has 62 valence electrons. The lowest BCUT2D eigenvalue weighted by Crippen LogP contribution is -1.92. The number of rotatable bonds is 6. The first-order chi connectivity index (χ1) is 4.85. The molecule has 0 aromatic heterocycles. The zero-order valence-corrected chi connectivity index (χ0v) is 8.58. The molecule has 0 unspecified atom stereocenters. The molecule has 0 spiro atoms. The molecule has 0 fully saturated rings. The van der Waals surface area contributed by atoms with Gasteiger partial charge in [0.25, 0.3) is 0 Å². The molecule has 0 saturated heterocycles. The van der Waals surface area contributed by atoms with E-state index >= 15 is 0 Å². The van der Waals surface area contributed by atoms with Crippen LogP contribution >= 0.6 is 7.92 Å². The van der Waals surface area contributed by atoms with Crippen molar-refractivity contribution < 1.29 is 0 Å². The van der Waals surface area contributed by atoms with E-state index in [1.54, 1.807) is 0 Å². The fourth-order valence-corrected chi connectivity index (χ4v) is 3.85. The van der Waals surface area contributed by atoms with E-state index in [4.69, 9.17) is 0 Å². The molecule has 0 radical (unpaired) electrons. The Balaban J connectivity index is 3.30. The zero-order chi connectivity index (χ0) is 7.82. The largest absolute Gasteiger partial charge is 0.107 e. The highest BCUT2D eigenvalue weighted by atomic mass is 31.1. The zero-order valence-electron chi connectivity index (χ0n) is 7.69. The van der Waals surface area contributed by atoms with Gasteiger partial charge in [-0.15, -0.1) is 7.92 Å². The van der Waals surface area contributed by atoms with Gasteiger partial charge in [0, 0.05) is 0 Å². The van der Waals surface area contributed by atoms with Gasteiger partial charge in [-0.05, 0) is 18.5 Å². The predicted octanol–water partition coefficient (Wildman–Crippen LogP) is 3.70. The van der Waals surface area contributed by atoms with Crippen LogP contribution in [0.2, 0.25) is 0 Å². The average Bonchev–Trinajstić information content (AvgIpc) is 1.90. The van der Waals surface area contributed by atoms with Gasteiger partial charge >= 0.3 is 0 Å². The van der Waals surface area contributed by atoms with E-state index in [2.05, 4.69) is 20.8 Å². The van der Waals surface area contributed by atoms with Crippen LogP contribution in [-0.4, -0.2) is 18.5 Å². The second-order valence-electron chi connectivity index (χ2n) is 2.84. The molecule has 0 aliphatic rings. The molecule has 0 aromatic rings. The van der Waals surface area contributed by atoms with Gasteiger partial charge in [0.15, 0.2) is 0 Å². The normalized spacial score (nSPS) is 10.8. The summed E-state index contributed by atoms with van der Waals surface area (Å²) in [6, 6.07) is 0. The predicted molar refractivity (Wildman–Crippen MR) is 52.4 cm³/mol. The highest BCUT2D eigenvalue weighted by Gasteiger charge is 2.02. The molecule has 0 N–H and O–H groups in total. The van der Waals surface area contributed by atoms with Crippen LogP contribution in [0.25, 0.3) is 0 Å². The SMILES string of the molecule is CCCP(CCC)CCC. The van der Waals surface area contributed by atoms with Crippen molar-refractivity contribution in [2.75, 3.05) is 18.5 Å². The van der Waals surface area contributed by atoms with E-state index in [0.717, 1.165) is 0 Å². The molecular formula is C9H21P. The third-order valence-corrected chi connectivity index (χ3v) is 4.86. The van der Waals surface area contributed by atoms with Crippen molar-refractivity contribution in [3.8, 4) is 0 Å². The van der Waals surface area contributed by atoms with Gasteiger partial charge in [0.05, 0.1) is 0 Å². The number of hydrogen-bond acceptors (Lipinski definition) is 0. The summed E-state index contributed by atoms with van der Waals surface area (Å²) in [7, 11) is 0.439. The Bertz CT molecular complexity index is 47.5. The Morgan fingerprint density at radius 2 is 1.00 bits per heavy atom. The van der Waals surface area contributed by atoms with E-state index in [1.165, 1.54) is 37.7 Å². The molecule has 1 heteroatoms. The maximum Gasteiger partial charge on any atom is -0.0329 e. The molecule has 0 rings (SSSR count). The van der Waals surface area contributed by atoms with Crippen molar-refractivity contribution in [1.82, 2.24) is 0 Å². The highest BCUT2D eigenvalue weighted by molar-refractivity contribution is 7.57. The van der Waals surface area contributed by atoms with Crippen LogP contribution in [0, 0.1) is 0 Å². The van der Waals surface area contributed by atoms with Crippen LogP contribution in [0.15, 0.2) is 0 Å². The van der Waals surface area contributed by atoms with Gasteiger partial charge in [-0.2, -0.15) is 0 Å². The van der Waals surface area contributed by atoms with Crippen molar-refractivity contribution in [3.05, 3.63) is 0 Å². The van der Waals surface area contributed by atoms with E-state index in [-0.39, 0.29) is 0 Å². The van der Waals surface area contributed by atoms with Crippen LogP contribution in [0.3, 0.4) is 0 Å². The summed E-state index contributed by atoms with van der Waals surface area (Å²) in [6.07, 6.45) is 8.72. The maximum atomic E-state index is 2.31. The lowest BCUT2D eigenvalue weighted by molar-refractivity contribution is 1.02. The van der Waals surface area contributed by atoms with E-state index in [9.17, 15) is 0 Å². The Kier molecular flexibility index (Phi) is 7.86. The molecule has 0 aliphatic carbocycles. The smallest absolute Gasteiger partial charge is 0.0329 e. The molecule has 0 saturated carbocycles. The third-order valence-electron chi connectivity index (χ3n) is 1.62. The number of hydrogen-bond donors (Lipinski definition) is 0. The minimum atomic E-state index is 0.439. The summed E-state index contributed by atoms with van der Waals surface area (Å²) in [5, 5.41) is 0. The first-order valence-corrected chi connectivity index (χ1v) is 6.47. The highest BCUT2D eigenvalue weighted by Crippen LogP contribution is 2.37. The molecule has 0 atom stereocenters. The fourth-order valence-electron chi connectivity index (χ4n) is 1.28.